The van der Waals surface area contributed by atoms with Gasteiger partial charge in [0, 0.05) is 7.11 Å². The number of anilines is 2. The quantitative estimate of drug-likeness (QED) is 0.634. The first-order chi connectivity index (χ1) is 11.5. The molecule has 2 aliphatic rings. The first-order valence-corrected chi connectivity index (χ1v) is 7.42. The molecule has 0 saturated carbocycles. The molecule has 6 atom stereocenters. The van der Waals surface area contributed by atoms with Gasteiger partial charge in [-0.05, 0) is 6.92 Å². The Kier molecular flexibility index (Phi) is 3.54. The largest absolute Gasteiger partial charge is 0.391 e. The van der Waals surface area contributed by atoms with Crippen LogP contribution in [0.3, 0.4) is 0 Å². The standard InChI is InChI=1S/C13H18N6O5/c1-4(20)6-7-8(24-13(21-2)23-7)11(22-6)19-3-16-5-9(14)17-12(15)18-10(5)19/h3-4,6-8,11,13,20H,1-2H3,(H4,14,15,17,18)/t4-,6+,7+,8+,11+,13?/m0/s1. The molecule has 4 rings (SSSR count). The van der Waals surface area contributed by atoms with Gasteiger partial charge in [0.25, 0.3) is 6.48 Å². The molecule has 0 aliphatic carbocycles. The number of fused-ring (bicyclic) bond motifs is 2. The van der Waals surface area contributed by atoms with Crippen LogP contribution in [0.25, 0.3) is 11.2 Å². The number of aliphatic hydroxyl groups is 1. The molecule has 0 bridgehead atoms. The van der Waals surface area contributed by atoms with E-state index in [1.54, 1.807) is 11.5 Å². The number of hydrogen-bond donors (Lipinski definition) is 3. The summed E-state index contributed by atoms with van der Waals surface area (Å²) in [6.07, 6.45) is -1.47. The van der Waals surface area contributed by atoms with Gasteiger partial charge in [-0.25, -0.2) is 4.98 Å². The highest BCUT2D eigenvalue weighted by atomic mass is 16.9. The zero-order valence-electron chi connectivity index (χ0n) is 13.1. The molecule has 1 unspecified atom stereocenters. The van der Waals surface area contributed by atoms with Crippen molar-refractivity contribution >= 4 is 22.9 Å². The molecule has 0 spiro atoms. The van der Waals surface area contributed by atoms with Crippen molar-refractivity contribution in [3.05, 3.63) is 6.33 Å². The number of imidazole rings is 1. The molecule has 11 nitrogen and oxygen atoms in total. The summed E-state index contributed by atoms with van der Waals surface area (Å²) in [5, 5.41) is 9.98. The van der Waals surface area contributed by atoms with Crippen LogP contribution < -0.4 is 11.5 Å². The molecule has 2 aliphatic heterocycles. The second kappa shape index (κ2) is 5.50. The second-order valence-electron chi connectivity index (χ2n) is 5.75. The lowest BCUT2D eigenvalue weighted by atomic mass is 10.1. The normalized spacial score (nSPS) is 33.9. The number of nitrogen functional groups attached to an aromatic ring is 2. The number of hydrogen-bond acceptors (Lipinski definition) is 10. The molecule has 0 radical (unpaired) electrons. The second-order valence-corrected chi connectivity index (χ2v) is 5.75. The van der Waals surface area contributed by atoms with Crippen LogP contribution in [0.1, 0.15) is 13.2 Å². The zero-order chi connectivity index (χ0) is 17.0. The van der Waals surface area contributed by atoms with Crippen LogP contribution in [0.5, 0.6) is 0 Å². The molecule has 24 heavy (non-hydrogen) atoms. The number of aliphatic hydroxyl groups excluding tert-OH is 1. The van der Waals surface area contributed by atoms with E-state index in [4.69, 9.17) is 30.4 Å². The monoisotopic (exact) mass is 338 g/mol. The highest BCUT2D eigenvalue weighted by molar-refractivity contribution is 5.82. The number of aromatic nitrogens is 4. The van der Waals surface area contributed by atoms with Crippen LogP contribution in [0.15, 0.2) is 6.33 Å². The van der Waals surface area contributed by atoms with Gasteiger partial charge >= 0.3 is 0 Å². The summed E-state index contributed by atoms with van der Waals surface area (Å²) in [4.78, 5) is 12.3. The summed E-state index contributed by atoms with van der Waals surface area (Å²) < 4.78 is 24.1. The van der Waals surface area contributed by atoms with Crippen molar-refractivity contribution in [1.29, 1.82) is 0 Å². The van der Waals surface area contributed by atoms with Crippen molar-refractivity contribution in [2.75, 3.05) is 18.6 Å². The minimum atomic E-state index is -0.827. The fraction of sp³-hybridized carbons (Fsp3) is 0.615. The Morgan fingerprint density at radius 2 is 2.00 bits per heavy atom. The molecule has 4 heterocycles. The van der Waals surface area contributed by atoms with Gasteiger partial charge in [-0.3, -0.25) is 4.57 Å². The maximum absolute atomic E-state index is 9.98. The van der Waals surface area contributed by atoms with E-state index in [2.05, 4.69) is 15.0 Å². The maximum Gasteiger partial charge on any atom is 0.272 e. The Hall–Kier alpha value is -2.05. The smallest absolute Gasteiger partial charge is 0.272 e. The molecule has 0 aromatic carbocycles. The van der Waals surface area contributed by atoms with E-state index in [1.165, 1.54) is 13.4 Å². The molecule has 11 heteroatoms. The van der Waals surface area contributed by atoms with E-state index in [1.807, 2.05) is 0 Å². The lowest BCUT2D eigenvalue weighted by Crippen LogP contribution is -2.36. The first kappa shape index (κ1) is 15.5. The van der Waals surface area contributed by atoms with Gasteiger partial charge in [-0.15, -0.1) is 0 Å². The molecule has 2 fully saturated rings. The molecular weight excluding hydrogens is 320 g/mol. The predicted molar refractivity (Wildman–Crippen MR) is 80.3 cm³/mol. The number of nitrogens with zero attached hydrogens (tertiary/aromatic N) is 4. The number of methoxy groups -OCH3 is 1. The summed E-state index contributed by atoms with van der Waals surface area (Å²) in [6.45, 7) is 0.796. The van der Waals surface area contributed by atoms with Crippen molar-refractivity contribution in [3.8, 4) is 0 Å². The molecule has 5 N–H and O–H groups in total. The zero-order valence-corrected chi connectivity index (χ0v) is 13.1. The predicted octanol–water partition coefficient (Wildman–Crippen LogP) is -1.02. The lowest BCUT2D eigenvalue weighted by molar-refractivity contribution is -0.259. The average Bonchev–Trinajstić information content (AvgIpc) is 3.18. The van der Waals surface area contributed by atoms with E-state index in [0.29, 0.717) is 11.2 Å². The summed E-state index contributed by atoms with van der Waals surface area (Å²) in [5.74, 6) is 0.206. The van der Waals surface area contributed by atoms with Gasteiger partial charge in [0.05, 0.1) is 12.4 Å². The van der Waals surface area contributed by atoms with Crippen molar-refractivity contribution in [1.82, 2.24) is 19.5 Å². The summed E-state index contributed by atoms with van der Waals surface area (Å²) >= 11 is 0. The van der Waals surface area contributed by atoms with Crippen molar-refractivity contribution in [2.24, 2.45) is 0 Å². The maximum atomic E-state index is 9.98. The third kappa shape index (κ3) is 2.21. The van der Waals surface area contributed by atoms with E-state index in [9.17, 15) is 5.11 Å². The first-order valence-electron chi connectivity index (χ1n) is 7.42. The van der Waals surface area contributed by atoms with Crippen LogP contribution in [-0.2, 0) is 18.9 Å². The highest BCUT2D eigenvalue weighted by Gasteiger charge is 2.55. The third-order valence-corrected chi connectivity index (χ3v) is 4.17. The topological polar surface area (TPSA) is 153 Å². The minimum absolute atomic E-state index is 0.0294. The van der Waals surface area contributed by atoms with Crippen LogP contribution >= 0.6 is 0 Å². The van der Waals surface area contributed by atoms with Gasteiger partial charge in [-0.2, -0.15) is 9.97 Å². The lowest BCUT2D eigenvalue weighted by Gasteiger charge is -2.21. The Bertz CT molecular complexity index is 767. The van der Waals surface area contributed by atoms with Crippen LogP contribution in [0.2, 0.25) is 0 Å². The Morgan fingerprint density at radius 1 is 1.25 bits per heavy atom. The van der Waals surface area contributed by atoms with E-state index in [0.717, 1.165) is 0 Å². The Morgan fingerprint density at radius 3 is 2.71 bits per heavy atom. The van der Waals surface area contributed by atoms with Gasteiger partial charge in [0.2, 0.25) is 5.95 Å². The number of ether oxygens (including phenoxy) is 4. The van der Waals surface area contributed by atoms with Crippen molar-refractivity contribution in [2.45, 2.75) is 44.0 Å². The average molecular weight is 338 g/mol. The van der Waals surface area contributed by atoms with Crippen LogP contribution in [-0.4, -0.2) is 62.6 Å². The van der Waals surface area contributed by atoms with E-state index < -0.39 is 37.1 Å². The van der Waals surface area contributed by atoms with Gasteiger partial charge in [0.1, 0.15) is 23.8 Å². The van der Waals surface area contributed by atoms with E-state index >= 15 is 0 Å². The SMILES string of the molecule is COC1O[C@H]2[C@@H](O1)[C@H](n1cnc3c(N)nc(N)nc31)O[C@@H]2[C@H](C)O. The fourth-order valence-electron chi connectivity index (χ4n) is 3.12. The van der Waals surface area contributed by atoms with Crippen molar-refractivity contribution < 1.29 is 24.1 Å². The molecule has 2 saturated heterocycles. The highest BCUT2D eigenvalue weighted by Crippen LogP contribution is 2.41. The van der Waals surface area contributed by atoms with Crippen LogP contribution in [0, 0.1) is 0 Å². The molecule has 2 aromatic rings. The van der Waals surface area contributed by atoms with Gasteiger partial charge in [-0.1, -0.05) is 0 Å². The summed E-state index contributed by atoms with van der Waals surface area (Å²) in [6, 6.07) is 0. The molecule has 130 valence electrons. The third-order valence-electron chi connectivity index (χ3n) is 4.17. The molecule has 2 aromatic heterocycles. The Balaban J connectivity index is 1.76. The molecule has 0 amide bonds. The van der Waals surface area contributed by atoms with Crippen molar-refractivity contribution in [3.63, 3.8) is 0 Å². The number of nitrogens with two attached hydrogens (primary N) is 2. The van der Waals surface area contributed by atoms with Gasteiger partial charge < -0.3 is 35.5 Å². The summed E-state index contributed by atoms with van der Waals surface area (Å²) in [7, 11) is 1.47. The van der Waals surface area contributed by atoms with Crippen LogP contribution in [0.4, 0.5) is 11.8 Å². The molecular formula is C13H18N6O5. The van der Waals surface area contributed by atoms with E-state index in [-0.39, 0.29) is 11.8 Å². The number of rotatable bonds is 3. The fourth-order valence-corrected chi connectivity index (χ4v) is 3.12. The minimum Gasteiger partial charge on any atom is -0.391 e. The summed E-state index contributed by atoms with van der Waals surface area (Å²) in [5.41, 5.74) is 12.3. The Labute approximate surface area is 136 Å². The van der Waals surface area contributed by atoms with Gasteiger partial charge in [0.15, 0.2) is 17.7 Å².